The number of benzene rings is 1. The molecular formula is C18H16ClN7O2. The highest BCUT2D eigenvalue weighted by molar-refractivity contribution is 6.30. The zero-order valence-electron chi connectivity index (χ0n) is 15.1. The van der Waals surface area contributed by atoms with Gasteiger partial charge in [-0.15, -0.1) is 0 Å². The molecule has 0 fully saturated rings. The van der Waals surface area contributed by atoms with Gasteiger partial charge in [0.1, 0.15) is 12.1 Å². The largest absolute Gasteiger partial charge is 0.450 e. The monoisotopic (exact) mass is 397 g/mol. The molecule has 4 rings (SSSR count). The molecule has 9 nitrogen and oxygen atoms in total. The number of carbonyl (C=O) groups is 1. The summed E-state index contributed by atoms with van der Waals surface area (Å²) in [6.45, 7) is 3.82. The van der Waals surface area contributed by atoms with Crippen LogP contribution in [-0.4, -0.2) is 42.2 Å². The van der Waals surface area contributed by atoms with E-state index in [1.165, 1.54) is 11.0 Å². The lowest BCUT2D eigenvalue weighted by atomic mass is 10.3. The topological polar surface area (TPSA) is 99.8 Å². The molecule has 1 N–H and O–H groups in total. The van der Waals surface area contributed by atoms with Crippen LogP contribution in [0.25, 0.3) is 22.5 Å². The Bertz CT molecular complexity index is 1170. The molecule has 0 atom stereocenters. The Morgan fingerprint density at radius 1 is 1.25 bits per heavy atom. The number of hydrogen-bond donors (Lipinski definition) is 1. The highest BCUT2D eigenvalue weighted by atomic mass is 35.5. The van der Waals surface area contributed by atoms with Crippen molar-refractivity contribution in [2.24, 2.45) is 0 Å². The Morgan fingerprint density at radius 3 is 2.89 bits per heavy atom. The second-order valence-corrected chi connectivity index (χ2v) is 6.34. The molecule has 0 aliphatic heterocycles. The number of anilines is 1. The van der Waals surface area contributed by atoms with Gasteiger partial charge in [-0.25, -0.2) is 19.4 Å². The van der Waals surface area contributed by atoms with Gasteiger partial charge >= 0.3 is 6.09 Å². The first-order valence-corrected chi connectivity index (χ1v) is 8.90. The van der Waals surface area contributed by atoms with Gasteiger partial charge in [-0.3, -0.25) is 5.32 Å². The average Bonchev–Trinajstić information content (AvgIpc) is 3.25. The van der Waals surface area contributed by atoms with Gasteiger partial charge in [-0.2, -0.15) is 14.9 Å². The van der Waals surface area contributed by atoms with Gasteiger partial charge in [0.2, 0.25) is 0 Å². The Morgan fingerprint density at radius 2 is 2.11 bits per heavy atom. The second kappa shape index (κ2) is 7.28. The van der Waals surface area contributed by atoms with Crippen molar-refractivity contribution in [1.82, 2.24) is 29.5 Å². The van der Waals surface area contributed by atoms with E-state index in [0.717, 1.165) is 5.69 Å². The van der Waals surface area contributed by atoms with E-state index in [0.29, 0.717) is 33.4 Å². The van der Waals surface area contributed by atoms with Crippen LogP contribution in [0.3, 0.4) is 0 Å². The lowest BCUT2D eigenvalue weighted by Gasteiger charge is -2.09. The molecule has 4 aromatic rings. The van der Waals surface area contributed by atoms with Gasteiger partial charge < -0.3 is 4.74 Å². The molecule has 10 heteroatoms. The smallest absolute Gasteiger partial charge is 0.412 e. The molecule has 0 aliphatic rings. The van der Waals surface area contributed by atoms with Crippen LogP contribution >= 0.6 is 11.6 Å². The van der Waals surface area contributed by atoms with Gasteiger partial charge in [-0.1, -0.05) is 17.7 Å². The molecule has 1 aromatic carbocycles. The van der Waals surface area contributed by atoms with Gasteiger partial charge in [-0.05, 0) is 32.0 Å². The van der Waals surface area contributed by atoms with Crippen LogP contribution in [0.2, 0.25) is 5.02 Å². The highest BCUT2D eigenvalue weighted by Crippen LogP contribution is 2.25. The quantitative estimate of drug-likeness (QED) is 0.565. The molecule has 3 heterocycles. The first-order valence-electron chi connectivity index (χ1n) is 8.52. The number of carbonyl (C=O) groups excluding carboxylic acids is 1. The first-order chi connectivity index (χ1) is 13.6. The Balaban J connectivity index is 1.82. The summed E-state index contributed by atoms with van der Waals surface area (Å²) >= 11 is 6.10. The second-order valence-electron chi connectivity index (χ2n) is 5.90. The number of rotatable bonds is 4. The van der Waals surface area contributed by atoms with Crippen molar-refractivity contribution in [3.63, 3.8) is 0 Å². The van der Waals surface area contributed by atoms with E-state index >= 15 is 0 Å². The number of nitrogens with zero attached hydrogens (tertiary/aromatic N) is 6. The van der Waals surface area contributed by atoms with E-state index in [9.17, 15) is 4.79 Å². The maximum atomic E-state index is 11.9. The van der Waals surface area contributed by atoms with Crippen LogP contribution < -0.4 is 5.32 Å². The van der Waals surface area contributed by atoms with E-state index < -0.39 is 6.09 Å². The zero-order valence-corrected chi connectivity index (χ0v) is 15.9. The Kier molecular flexibility index (Phi) is 4.66. The Labute approximate surface area is 164 Å². The third-order valence-corrected chi connectivity index (χ3v) is 4.17. The van der Waals surface area contributed by atoms with Crippen molar-refractivity contribution in [3.05, 3.63) is 53.6 Å². The van der Waals surface area contributed by atoms with Crippen molar-refractivity contribution in [1.29, 1.82) is 0 Å². The van der Waals surface area contributed by atoms with E-state index in [1.807, 2.05) is 19.1 Å². The Hall–Kier alpha value is -3.46. The van der Waals surface area contributed by atoms with Crippen LogP contribution in [-0.2, 0) is 4.74 Å². The fraction of sp³-hybridized carbons (Fsp3) is 0.167. The van der Waals surface area contributed by atoms with Crippen LogP contribution in [0.1, 0.15) is 12.6 Å². The summed E-state index contributed by atoms with van der Waals surface area (Å²) in [5.74, 6) is 0.921. The molecule has 0 bridgehead atoms. The summed E-state index contributed by atoms with van der Waals surface area (Å²) in [7, 11) is 0. The van der Waals surface area contributed by atoms with E-state index in [-0.39, 0.29) is 6.61 Å². The van der Waals surface area contributed by atoms with Crippen molar-refractivity contribution in [2.75, 3.05) is 11.9 Å². The van der Waals surface area contributed by atoms with E-state index in [2.05, 4.69) is 25.5 Å². The van der Waals surface area contributed by atoms with Crippen LogP contribution in [0, 0.1) is 6.92 Å². The average molecular weight is 398 g/mol. The molecular weight excluding hydrogens is 382 g/mol. The normalized spacial score (nSPS) is 11.0. The number of aromatic nitrogens is 6. The van der Waals surface area contributed by atoms with Gasteiger partial charge in [0.15, 0.2) is 11.5 Å². The summed E-state index contributed by atoms with van der Waals surface area (Å²) in [6, 6.07) is 9.03. The summed E-state index contributed by atoms with van der Waals surface area (Å²) < 4.78 is 8.15. The first kappa shape index (κ1) is 17.9. The number of hydrogen-bond acceptors (Lipinski definition) is 6. The zero-order chi connectivity index (χ0) is 19.7. The molecule has 1 amide bonds. The number of aryl methyl sites for hydroxylation is 1. The molecule has 28 heavy (non-hydrogen) atoms. The fourth-order valence-electron chi connectivity index (χ4n) is 2.82. The minimum absolute atomic E-state index is 0.267. The minimum atomic E-state index is -0.566. The molecule has 3 aromatic heterocycles. The number of halogens is 1. The molecule has 0 saturated heterocycles. The predicted molar refractivity (Wildman–Crippen MR) is 104 cm³/mol. The molecule has 0 radical (unpaired) electrons. The SMILES string of the molecule is CCOC(=O)Nc1cc(C)nn1-c1ncnc2c1cnn2-c1cccc(Cl)c1. The van der Waals surface area contributed by atoms with Crippen LogP contribution in [0.4, 0.5) is 10.6 Å². The number of ether oxygens (including phenoxy) is 1. The van der Waals surface area contributed by atoms with Crippen molar-refractivity contribution < 1.29 is 9.53 Å². The van der Waals surface area contributed by atoms with E-state index in [4.69, 9.17) is 16.3 Å². The number of fused-ring (bicyclic) bond motifs is 1. The van der Waals surface area contributed by atoms with Gasteiger partial charge in [0.05, 0.1) is 29.6 Å². The third-order valence-electron chi connectivity index (χ3n) is 3.94. The minimum Gasteiger partial charge on any atom is -0.450 e. The highest BCUT2D eigenvalue weighted by Gasteiger charge is 2.17. The molecule has 142 valence electrons. The number of nitrogens with one attached hydrogen (secondary N) is 1. The molecule has 0 aliphatic carbocycles. The predicted octanol–water partition coefficient (Wildman–Crippen LogP) is 3.53. The fourth-order valence-corrected chi connectivity index (χ4v) is 3.00. The van der Waals surface area contributed by atoms with Crippen molar-refractivity contribution >= 4 is 34.5 Å². The van der Waals surface area contributed by atoms with Crippen LogP contribution in [0.15, 0.2) is 42.9 Å². The van der Waals surface area contributed by atoms with E-state index in [1.54, 1.807) is 36.0 Å². The summed E-state index contributed by atoms with van der Waals surface area (Å²) in [5.41, 5.74) is 2.07. The molecule has 0 saturated carbocycles. The lowest BCUT2D eigenvalue weighted by Crippen LogP contribution is -2.16. The maximum Gasteiger partial charge on any atom is 0.412 e. The van der Waals surface area contributed by atoms with Crippen molar-refractivity contribution in [3.8, 4) is 11.5 Å². The maximum absolute atomic E-state index is 11.9. The summed E-state index contributed by atoms with van der Waals surface area (Å²) in [5, 5.41) is 12.8. The molecule has 0 unspecified atom stereocenters. The van der Waals surface area contributed by atoms with Crippen LogP contribution in [0.5, 0.6) is 0 Å². The molecule has 0 spiro atoms. The summed E-state index contributed by atoms with van der Waals surface area (Å²) in [6.07, 6.45) is 2.51. The number of amides is 1. The van der Waals surface area contributed by atoms with Crippen molar-refractivity contribution in [2.45, 2.75) is 13.8 Å². The lowest BCUT2D eigenvalue weighted by molar-refractivity contribution is 0.167. The van der Waals surface area contributed by atoms with Gasteiger partial charge in [0, 0.05) is 11.1 Å². The third kappa shape index (κ3) is 3.27. The van der Waals surface area contributed by atoms with Gasteiger partial charge in [0.25, 0.3) is 0 Å². The summed E-state index contributed by atoms with van der Waals surface area (Å²) in [4.78, 5) is 20.6. The standard InChI is InChI=1S/C18H16ClN7O2/c1-3-28-18(27)23-15-7-11(2)24-26(15)17-14-9-22-25(16(14)20-10-21-17)13-6-4-5-12(19)8-13/h4-10H,3H2,1-2H3,(H,23,27).